The van der Waals surface area contributed by atoms with E-state index in [1.165, 1.54) is 186 Å². The van der Waals surface area contributed by atoms with Crippen LogP contribution < -0.4 is 0 Å². The minimum atomic E-state index is -0.780. The molecule has 69 heavy (non-hydrogen) atoms. The van der Waals surface area contributed by atoms with Gasteiger partial charge in [-0.3, -0.25) is 14.4 Å². The molecule has 0 aliphatic rings. The SMILES string of the molecule is CCCCC/C=C\C/C=C\CCCCCCCC(=O)OCC(COC(=O)CCCCCCCCC/C=C\C/C=C\CCCCCC)OC(=O)CCCCCCCCCCCCCCCCCCCC. The summed E-state index contributed by atoms with van der Waals surface area (Å²) < 4.78 is 16.9. The van der Waals surface area contributed by atoms with Crippen LogP contribution >= 0.6 is 0 Å². The number of ether oxygens (including phenoxy) is 3. The number of carbonyl (C=O) groups excluding carboxylic acids is 3. The van der Waals surface area contributed by atoms with Gasteiger partial charge in [0.1, 0.15) is 13.2 Å². The van der Waals surface area contributed by atoms with Gasteiger partial charge in [0.25, 0.3) is 0 Å². The average Bonchev–Trinajstić information content (AvgIpc) is 3.35. The second-order valence-electron chi connectivity index (χ2n) is 20.3. The smallest absolute Gasteiger partial charge is 0.306 e. The first kappa shape index (κ1) is 66.4. The highest BCUT2D eigenvalue weighted by Crippen LogP contribution is 2.17. The zero-order chi connectivity index (χ0) is 50.0. The van der Waals surface area contributed by atoms with Gasteiger partial charge in [-0.2, -0.15) is 0 Å². The molecule has 0 radical (unpaired) electrons. The summed E-state index contributed by atoms with van der Waals surface area (Å²) >= 11 is 0. The van der Waals surface area contributed by atoms with Crippen molar-refractivity contribution >= 4 is 17.9 Å². The van der Waals surface area contributed by atoms with Crippen LogP contribution in [0.4, 0.5) is 0 Å². The third-order valence-corrected chi connectivity index (χ3v) is 13.3. The van der Waals surface area contributed by atoms with E-state index >= 15 is 0 Å². The second-order valence-corrected chi connectivity index (χ2v) is 20.3. The fourth-order valence-electron chi connectivity index (χ4n) is 8.74. The standard InChI is InChI=1S/C63H114O6/c1-4-7-10-13-16-19-22-25-28-30-32-35-38-41-44-47-50-53-56-62(65)68-59-60(58-67-61(64)55-52-49-46-43-40-37-34-27-24-21-18-15-12-9-6-3)69-63(66)57-54-51-48-45-42-39-36-33-31-29-26-23-20-17-14-11-8-5-2/h18-19,21-22,27-28,30,34,60H,4-17,20,23-26,29,31-33,35-59H2,1-3H3/b21-18-,22-19-,30-28-,34-27-. The van der Waals surface area contributed by atoms with Gasteiger partial charge in [0.2, 0.25) is 0 Å². The van der Waals surface area contributed by atoms with Gasteiger partial charge < -0.3 is 14.2 Å². The number of unbranched alkanes of at least 4 members (excludes halogenated alkanes) is 36. The van der Waals surface area contributed by atoms with E-state index in [2.05, 4.69) is 69.4 Å². The molecule has 0 fully saturated rings. The lowest BCUT2D eigenvalue weighted by Crippen LogP contribution is -2.30. The summed E-state index contributed by atoms with van der Waals surface area (Å²) in [6.07, 6.45) is 71.0. The highest BCUT2D eigenvalue weighted by molar-refractivity contribution is 5.71. The Morgan fingerprint density at radius 2 is 0.522 bits per heavy atom. The van der Waals surface area contributed by atoms with E-state index in [-0.39, 0.29) is 31.1 Å². The van der Waals surface area contributed by atoms with Crippen molar-refractivity contribution in [1.82, 2.24) is 0 Å². The molecule has 0 saturated heterocycles. The van der Waals surface area contributed by atoms with E-state index in [0.717, 1.165) is 89.9 Å². The molecule has 0 aromatic heterocycles. The quantitative estimate of drug-likeness (QED) is 0.0262. The summed E-state index contributed by atoms with van der Waals surface area (Å²) in [4.78, 5) is 38.2. The molecule has 0 aliphatic heterocycles. The van der Waals surface area contributed by atoms with Crippen molar-refractivity contribution in [2.24, 2.45) is 0 Å². The van der Waals surface area contributed by atoms with Gasteiger partial charge in [-0.05, 0) is 83.5 Å². The lowest BCUT2D eigenvalue weighted by Gasteiger charge is -2.18. The number of rotatable bonds is 55. The lowest BCUT2D eigenvalue weighted by molar-refractivity contribution is -0.167. The summed E-state index contributed by atoms with van der Waals surface area (Å²) in [5, 5.41) is 0. The van der Waals surface area contributed by atoms with Crippen LogP contribution in [-0.4, -0.2) is 37.2 Å². The fourth-order valence-corrected chi connectivity index (χ4v) is 8.74. The Morgan fingerprint density at radius 1 is 0.290 bits per heavy atom. The van der Waals surface area contributed by atoms with E-state index < -0.39 is 6.10 Å². The zero-order valence-electron chi connectivity index (χ0n) is 46.1. The van der Waals surface area contributed by atoms with Crippen molar-refractivity contribution in [1.29, 1.82) is 0 Å². The number of allylic oxidation sites excluding steroid dienone is 8. The van der Waals surface area contributed by atoms with Gasteiger partial charge in [0.05, 0.1) is 0 Å². The Bertz CT molecular complexity index is 1200. The van der Waals surface area contributed by atoms with Crippen LogP contribution in [0.3, 0.4) is 0 Å². The third kappa shape index (κ3) is 56.2. The maximum absolute atomic E-state index is 12.9. The summed E-state index contributed by atoms with van der Waals surface area (Å²) in [7, 11) is 0. The van der Waals surface area contributed by atoms with Gasteiger partial charge in [0, 0.05) is 19.3 Å². The van der Waals surface area contributed by atoms with Crippen LogP contribution in [0.1, 0.15) is 316 Å². The fraction of sp³-hybridized carbons (Fsp3) is 0.825. The minimum absolute atomic E-state index is 0.0789. The predicted octanol–water partition coefficient (Wildman–Crippen LogP) is 20.2. The number of hydrogen-bond donors (Lipinski definition) is 0. The van der Waals surface area contributed by atoms with E-state index in [9.17, 15) is 14.4 Å². The van der Waals surface area contributed by atoms with Crippen molar-refractivity contribution in [3.05, 3.63) is 48.6 Å². The van der Waals surface area contributed by atoms with Crippen molar-refractivity contribution in [3.8, 4) is 0 Å². The van der Waals surface area contributed by atoms with Crippen LogP contribution in [0.2, 0.25) is 0 Å². The highest BCUT2D eigenvalue weighted by atomic mass is 16.6. The maximum Gasteiger partial charge on any atom is 0.306 e. The molecular weight excluding hydrogens is 853 g/mol. The van der Waals surface area contributed by atoms with Crippen LogP contribution in [-0.2, 0) is 28.6 Å². The van der Waals surface area contributed by atoms with E-state index in [1.54, 1.807) is 0 Å². The molecule has 0 spiro atoms. The molecule has 6 heteroatoms. The van der Waals surface area contributed by atoms with Crippen molar-refractivity contribution < 1.29 is 28.6 Å². The zero-order valence-corrected chi connectivity index (χ0v) is 46.1. The van der Waals surface area contributed by atoms with Gasteiger partial charge in [-0.1, -0.05) is 262 Å². The molecule has 6 nitrogen and oxygen atoms in total. The first-order valence-electron chi connectivity index (χ1n) is 30.1. The Morgan fingerprint density at radius 3 is 0.841 bits per heavy atom. The first-order valence-corrected chi connectivity index (χ1v) is 30.1. The third-order valence-electron chi connectivity index (χ3n) is 13.3. The molecule has 0 rings (SSSR count). The summed E-state index contributed by atoms with van der Waals surface area (Å²) in [6.45, 7) is 6.62. The van der Waals surface area contributed by atoms with E-state index in [4.69, 9.17) is 14.2 Å². The highest BCUT2D eigenvalue weighted by Gasteiger charge is 2.19. The normalized spacial score (nSPS) is 12.3. The van der Waals surface area contributed by atoms with E-state index in [1.807, 2.05) is 0 Å². The molecule has 0 aliphatic carbocycles. The summed E-state index contributed by atoms with van der Waals surface area (Å²) in [5.41, 5.74) is 0. The van der Waals surface area contributed by atoms with Gasteiger partial charge in [0.15, 0.2) is 6.10 Å². The minimum Gasteiger partial charge on any atom is -0.462 e. The molecule has 0 aromatic carbocycles. The number of hydrogen-bond acceptors (Lipinski definition) is 6. The van der Waals surface area contributed by atoms with Crippen molar-refractivity contribution in [3.63, 3.8) is 0 Å². The predicted molar refractivity (Wildman–Crippen MR) is 298 cm³/mol. The van der Waals surface area contributed by atoms with Crippen LogP contribution in [0.5, 0.6) is 0 Å². The Kier molecular flexibility index (Phi) is 55.7. The largest absolute Gasteiger partial charge is 0.462 e. The monoisotopic (exact) mass is 967 g/mol. The van der Waals surface area contributed by atoms with Gasteiger partial charge in [-0.25, -0.2) is 0 Å². The van der Waals surface area contributed by atoms with Gasteiger partial charge >= 0.3 is 17.9 Å². The Hall–Kier alpha value is -2.63. The molecule has 0 aromatic rings. The molecule has 402 valence electrons. The topological polar surface area (TPSA) is 78.9 Å². The average molecular weight is 968 g/mol. The molecule has 1 unspecified atom stereocenters. The molecule has 0 heterocycles. The Labute approximate surface area is 428 Å². The van der Waals surface area contributed by atoms with E-state index in [0.29, 0.717) is 19.3 Å². The molecular formula is C63H114O6. The maximum atomic E-state index is 12.9. The second kappa shape index (κ2) is 57.9. The molecule has 1 atom stereocenters. The van der Waals surface area contributed by atoms with Crippen molar-refractivity contribution in [2.45, 2.75) is 322 Å². The van der Waals surface area contributed by atoms with Gasteiger partial charge in [-0.15, -0.1) is 0 Å². The summed E-state index contributed by atoms with van der Waals surface area (Å²) in [5.74, 6) is -0.882. The molecule has 0 saturated carbocycles. The van der Waals surface area contributed by atoms with Crippen LogP contribution in [0.15, 0.2) is 48.6 Å². The number of esters is 3. The molecule has 0 bridgehead atoms. The van der Waals surface area contributed by atoms with Crippen molar-refractivity contribution in [2.75, 3.05) is 13.2 Å². The molecule has 0 amide bonds. The Balaban J connectivity index is 4.37. The number of carbonyl (C=O) groups is 3. The summed E-state index contributed by atoms with van der Waals surface area (Å²) in [6, 6.07) is 0. The first-order chi connectivity index (χ1) is 34.0. The molecule has 0 N–H and O–H groups in total. The lowest BCUT2D eigenvalue weighted by atomic mass is 10.0. The van der Waals surface area contributed by atoms with Crippen LogP contribution in [0, 0.1) is 0 Å². The van der Waals surface area contributed by atoms with Crippen LogP contribution in [0.25, 0.3) is 0 Å².